The van der Waals surface area contributed by atoms with Crippen molar-refractivity contribution in [1.29, 1.82) is 0 Å². The van der Waals surface area contributed by atoms with E-state index in [-0.39, 0.29) is 0 Å². The number of aryl methyl sites for hydroxylation is 1. The van der Waals surface area contributed by atoms with Crippen LogP contribution in [0.15, 0.2) is 24.3 Å². The fourth-order valence-electron chi connectivity index (χ4n) is 3.17. The van der Waals surface area contributed by atoms with Crippen molar-refractivity contribution in [2.75, 3.05) is 13.1 Å². The maximum atomic E-state index is 3.51. The molecule has 1 saturated heterocycles. The Bertz CT molecular complexity index is 341. The highest BCUT2D eigenvalue weighted by Gasteiger charge is 2.44. The van der Waals surface area contributed by atoms with Crippen molar-refractivity contribution in [2.24, 2.45) is 11.8 Å². The number of hydrogen-bond donors (Lipinski definition) is 1. The first kappa shape index (κ1) is 9.41. The van der Waals surface area contributed by atoms with E-state index in [1.807, 2.05) is 0 Å². The van der Waals surface area contributed by atoms with Gasteiger partial charge >= 0.3 is 0 Å². The first-order valence-electron chi connectivity index (χ1n) is 6.18. The minimum atomic E-state index is 0.843. The summed E-state index contributed by atoms with van der Waals surface area (Å²) in [4.78, 5) is 0. The number of fused-ring (bicyclic) bond motifs is 1. The first-order valence-corrected chi connectivity index (χ1v) is 6.18. The molecule has 1 nitrogen and oxygen atoms in total. The lowest BCUT2D eigenvalue weighted by atomic mass is 9.64. The molecule has 2 fully saturated rings. The molecule has 0 amide bonds. The van der Waals surface area contributed by atoms with Gasteiger partial charge in [0.05, 0.1) is 0 Å². The van der Waals surface area contributed by atoms with E-state index in [1.165, 1.54) is 25.1 Å². The fraction of sp³-hybridized carbons (Fsp3) is 0.571. The molecule has 80 valence electrons. The van der Waals surface area contributed by atoms with Gasteiger partial charge in [-0.1, -0.05) is 31.2 Å². The van der Waals surface area contributed by atoms with Crippen molar-refractivity contribution >= 4 is 0 Å². The minimum Gasteiger partial charge on any atom is -0.316 e. The lowest BCUT2D eigenvalue weighted by Gasteiger charge is -2.40. The van der Waals surface area contributed by atoms with E-state index >= 15 is 0 Å². The van der Waals surface area contributed by atoms with E-state index in [0.29, 0.717) is 0 Å². The van der Waals surface area contributed by atoms with Crippen molar-refractivity contribution in [3.05, 3.63) is 35.4 Å². The molecule has 1 aliphatic heterocycles. The fourth-order valence-corrected chi connectivity index (χ4v) is 3.17. The smallest absolute Gasteiger partial charge is 0.00114 e. The Labute approximate surface area is 91.9 Å². The van der Waals surface area contributed by atoms with Crippen LogP contribution in [0, 0.1) is 11.8 Å². The summed E-state index contributed by atoms with van der Waals surface area (Å²) in [6.45, 7) is 4.72. The second-order valence-electron chi connectivity index (χ2n) is 5.02. The summed E-state index contributed by atoms with van der Waals surface area (Å²) in [7, 11) is 0. The maximum Gasteiger partial charge on any atom is -0.00114 e. The number of nitrogens with one attached hydrogen (secondary N) is 1. The standard InChI is InChI=1S/C14H19N/c1-2-10-3-5-11(6-4-10)13-7-12-8-15-9-14(12)13/h3-6,12-15H,2,7-9H2,1H3. The van der Waals surface area contributed by atoms with E-state index < -0.39 is 0 Å². The highest BCUT2D eigenvalue weighted by atomic mass is 14.9. The summed E-state index contributed by atoms with van der Waals surface area (Å²) >= 11 is 0. The molecule has 0 bridgehead atoms. The van der Waals surface area contributed by atoms with E-state index in [0.717, 1.165) is 24.2 Å². The van der Waals surface area contributed by atoms with Crippen LogP contribution >= 0.6 is 0 Å². The average molecular weight is 201 g/mol. The van der Waals surface area contributed by atoms with E-state index in [9.17, 15) is 0 Å². The largest absolute Gasteiger partial charge is 0.316 e. The number of hydrogen-bond acceptors (Lipinski definition) is 1. The predicted molar refractivity (Wildman–Crippen MR) is 63.0 cm³/mol. The third-order valence-corrected chi connectivity index (χ3v) is 4.28. The summed E-state index contributed by atoms with van der Waals surface area (Å²) in [5, 5.41) is 3.51. The van der Waals surface area contributed by atoms with Crippen molar-refractivity contribution in [3.63, 3.8) is 0 Å². The Morgan fingerprint density at radius 1 is 1.20 bits per heavy atom. The molecule has 1 heteroatoms. The first-order chi connectivity index (χ1) is 7.38. The molecule has 1 saturated carbocycles. The zero-order valence-electron chi connectivity index (χ0n) is 9.37. The van der Waals surface area contributed by atoms with E-state index in [2.05, 4.69) is 36.5 Å². The molecule has 1 aromatic rings. The lowest BCUT2D eigenvalue weighted by molar-refractivity contribution is 0.191. The molecular formula is C14H19N. The Kier molecular flexibility index (Phi) is 2.28. The average Bonchev–Trinajstić information content (AvgIpc) is 2.61. The summed E-state index contributed by atoms with van der Waals surface area (Å²) in [5.41, 5.74) is 3.02. The van der Waals surface area contributed by atoms with Gasteiger partial charge in [0.1, 0.15) is 0 Å². The molecule has 1 aromatic carbocycles. The molecule has 1 aliphatic carbocycles. The number of benzene rings is 1. The molecule has 0 radical (unpaired) electrons. The molecular weight excluding hydrogens is 182 g/mol. The molecule has 0 aromatic heterocycles. The summed E-state index contributed by atoms with van der Waals surface area (Å²) in [6, 6.07) is 9.28. The van der Waals surface area contributed by atoms with Crippen molar-refractivity contribution in [3.8, 4) is 0 Å². The lowest BCUT2D eigenvalue weighted by Crippen LogP contribution is -2.33. The van der Waals surface area contributed by atoms with Gasteiger partial charge < -0.3 is 5.32 Å². The van der Waals surface area contributed by atoms with Crippen LogP contribution < -0.4 is 5.32 Å². The van der Waals surface area contributed by atoms with Gasteiger partial charge in [-0.15, -0.1) is 0 Å². The monoisotopic (exact) mass is 201 g/mol. The van der Waals surface area contributed by atoms with Crippen LogP contribution in [-0.4, -0.2) is 13.1 Å². The zero-order valence-corrected chi connectivity index (χ0v) is 9.37. The predicted octanol–water partition coefficient (Wildman–Crippen LogP) is 2.57. The van der Waals surface area contributed by atoms with Gasteiger partial charge in [0.25, 0.3) is 0 Å². The van der Waals surface area contributed by atoms with Crippen molar-refractivity contribution in [2.45, 2.75) is 25.7 Å². The Hall–Kier alpha value is -0.820. The van der Waals surface area contributed by atoms with Crippen LogP contribution in [-0.2, 0) is 6.42 Å². The second-order valence-corrected chi connectivity index (χ2v) is 5.02. The van der Waals surface area contributed by atoms with Crippen LogP contribution in [0.1, 0.15) is 30.4 Å². The van der Waals surface area contributed by atoms with Gasteiger partial charge in [0.15, 0.2) is 0 Å². The van der Waals surface area contributed by atoms with Gasteiger partial charge in [-0.3, -0.25) is 0 Å². The van der Waals surface area contributed by atoms with Gasteiger partial charge in [-0.25, -0.2) is 0 Å². The number of rotatable bonds is 2. The highest BCUT2D eigenvalue weighted by molar-refractivity contribution is 5.28. The van der Waals surface area contributed by atoms with Gasteiger partial charge in [0, 0.05) is 0 Å². The summed E-state index contributed by atoms with van der Waals surface area (Å²) in [5.74, 6) is 2.74. The molecule has 3 unspecified atom stereocenters. The normalized spacial score (nSPS) is 33.5. The molecule has 15 heavy (non-hydrogen) atoms. The SMILES string of the molecule is CCc1ccc(C2CC3CNCC32)cc1. The second kappa shape index (κ2) is 3.64. The van der Waals surface area contributed by atoms with Crippen molar-refractivity contribution in [1.82, 2.24) is 5.32 Å². The summed E-state index contributed by atoms with van der Waals surface area (Å²) in [6.07, 6.45) is 2.56. The Morgan fingerprint density at radius 2 is 2.00 bits per heavy atom. The van der Waals surface area contributed by atoms with Crippen molar-refractivity contribution < 1.29 is 0 Å². The minimum absolute atomic E-state index is 0.843. The highest BCUT2D eigenvalue weighted by Crippen LogP contribution is 2.48. The molecule has 0 spiro atoms. The molecule has 2 aliphatic rings. The van der Waals surface area contributed by atoms with Gasteiger partial charge in [0.2, 0.25) is 0 Å². The molecule has 1 heterocycles. The topological polar surface area (TPSA) is 12.0 Å². The summed E-state index contributed by atoms with van der Waals surface area (Å²) < 4.78 is 0. The third kappa shape index (κ3) is 1.50. The third-order valence-electron chi connectivity index (χ3n) is 4.28. The quantitative estimate of drug-likeness (QED) is 0.775. The molecule has 1 N–H and O–H groups in total. The molecule has 3 atom stereocenters. The van der Waals surface area contributed by atoms with Gasteiger partial charge in [-0.05, 0) is 54.8 Å². The van der Waals surface area contributed by atoms with Crippen LogP contribution in [0.5, 0.6) is 0 Å². The van der Waals surface area contributed by atoms with Crippen LogP contribution in [0.2, 0.25) is 0 Å². The maximum absolute atomic E-state index is 3.51. The van der Waals surface area contributed by atoms with Crippen LogP contribution in [0.25, 0.3) is 0 Å². The van der Waals surface area contributed by atoms with Crippen LogP contribution in [0.4, 0.5) is 0 Å². The Balaban J connectivity index is 1.76. The van der Waals surface area contributed by atoms with Gasteiger partial charge in [-0.2, -0.15) is 0 Å². The van der Waals surface area contributed by atoms with E-state index in [4.69, 9.17) is 0 Å². The van der Waals surface area contributed by atoms with Crippen LogP contribution in [0.3, 0.4) is 0 Å². The molecule has 3 rings (SSSR count). The zero-order chi connectivity index (χ0) is 10.3. The van der Waals surface area contributed by atoms with E-state index in [1.54, 1.807) is 5.56 Å². The Morgan fingerprint density at radius 3 is 2.67 bits per heavy atom.